The minimum absolute atomic E-state index is 0.275. The molecule has 1 aromatic rings. The summed E-state index contributed by atoms with van der Waals surface area (Å²) < 4.78 is 31.7. The SMILES string of the molecule is CCCCCN(C)S(=O)(=O)c1cc(CNC)oc1C. The van der Waals surface area contributed by atoms with E-state index in [2.05, 4.69) is 12.2 Å². The van der Waals surface area contributed by atoms with Crippen LogP contribution < -0.4 is 5.32 Å². The van der Waals surface area contributed by atoms with E-state index >= 15 is 0 Å². The number of hydrogen-bond donors (Lipinski definition) is 1. The van der Waals surface area contributed by atoms with Crippen molar-refractivity contribution in [2.45, 2.75) is 44.6 Å². The number of aryl methyl sites for hydroxylation is 1. The molecule has 0 unspecified atom stereocenters. The highest BCUT2D eigenvalue weighted by Gasteiger charge is 2.25. The summed E-state index contributed by atoms with van der Waals surface area (Å²) in [6.45, 7) is 4.85. The number of nitrogens with zero attached hydrogens (tertiary/aromatic N) is 1. The van der Waals surface area contributed by atoms with Crippen LogP contribution >= 0.6 is 0 Å². The van der Waals surface area contributed by atoms with Gasteiger partial charge in [0.1, 0.15) is 16.4 Å². The number of hydrogen-bond acceptors (Lipinski definition) is 4. The van der Waals surface area contributed by atoms with Crippen LogP contribution in [-0.2, 0) is 16.6 Å². The molecule has 5 nitrogen and oxygen atoms in total. The van der Waals surface area contributed by atoms with Gasteiger partial charge in [-0.15, -0.1) is 0 Å². The Labute approximate surface area is 116 Å². The molecule has 0 aliphatic heterocycles. The predicted octanol–water partition coefficient (Wildman–Crippen LogP) is 2.12. The highest BCUT2D eigenvalue weighted by Crippen LogP contribution is 2.23. The van der Waals surface area contributed by atoms with Crippen molar-refractivity contribution >= 4 is 10.0 Å². The van der Waals surface area contributed by atoms with Gasteiger partial charge in [-0.25, -0.2) is 12.7 Å². The molecular formula is C13H24N2O3S. The van der Waals surface area contributed by atoms with Gasteiger partial charge in [-0.1, -0.05) is 19.8 Å². The van der Waals surface area contributed by atoms with Crippen molar-refractivity contribution < 1.29 is 12.8 Å². The Morgan fingerprint density at radius 3 is 2.63 bits per heavy atom. The summed E-state index contributed by atoms with van der Waals surface area (Å²) >= 11 is 0. The lowest BCUT2D eigenvalue weighted by molar-refractivity contribution is 0.445. The highest BCUT2D eigenvalue weighted by molar-refractivity contribution is 7.89. The minimum atomic E-state index is -3.44. The van der Waals surface area contributed by atoms with Crippen molar-refractivity contribution in [1.82, 2.24) is 9.62 Å². The van der Waals surface area contributed by atoms with Crippen molar-refractivity contribution in [2.24, 2.45) is 0 Å². The first-order valence-corrected chi connectivity index (χ1v) is 8.07. The molecule has 1 rings (SSSR count). The Hall–Kier alpha value is -0.850. The van der Waals surface area contributed by atoms with E-state index in [9.17, 15) is 8.42 Å². The molecule has 0 amide bonds. The van der Waals surface area contributed by atoms with E-state index in [-0.39, 0.29) is 4.90 Å². The van der Waals surface area contributed by atoms with Gasteiger partial charge in [-0.3, -0.25) is 0 Å². The normalized spacial score (nSPS) is 12.3. The van der Waals surface area contributed by atoms with Crippen LogP contribution in [0.4, 0.5) is 0 Å². The molecule has 0 aliphatic rings. The van der Waals surface area contributed by atoms with Crippen LogP contribution in [0.1, 0.15) is 37.7 Å². The monoisotopic (exact) mass is 288 g/mol. The lowest BCUT2D eigenvalue weighted by Gasteiger charge is -2.16. The van der Waals surface area contributed by atoms with Crippen molar-refractivity contribution in [3.8, 4) is 0 Å². The quantitative estimate of drug-likeness (QED) is 0.744. The summed E-state index contributed by atoms with van der Waals surface area (Å²) in [5.74, 6) is 1.09. The first-order chi connectivity index (χ1) is 8.93. The van der Waals surface area contributed by atoms with Crippen LogP contribution in [0, 0.1) is 6.92 Å². The second-order valence-electron chi connectivity index (χ2n) is 4.70. The summed E-state index contributed by atoms with van der Waals surface area (Å²) in [6.07, 6.45) is 2.99. The van der Waals surface area contributed by atoms with Gasteiger partial charge in [0.05, 0.1) is 6.54 Å². The molecule has 6 heteroatoms. The van der Waals surface area contributed by atoms with Crippen molar-refractivity contribution in [3.05, 3.63) is 17.6 Å². The van der Waals surface area contributed by atoms with Crippen molar-refractivity contribution in [1.29, 1.82) is 0 Å². The fourth-order valence-corrected chi connectivity index (χ4v) is 3.30. The molecular weight excluding hydrogens is 264 g/mol. The van der Waals surface area contributed by atoms with Crippen LogP contribution in [0.25, 0.3) is 0 Å². The maximum absolute atomic E-state index is 12.4. The molecule has 0 atom stereocenters. The molecule has 0 radical (unpaired) electrons. The Bertz CT molecular complexity index is 494. The minimum Gasteiger partial charge on any atom is -0.464 e. The molecule has 0 aliphatic carbocycles. The van der Waals surface area contributed by atoms with Gasteiger partial charge in [0.25, 0.3) is 0 Å². The Kier molecular flexibility index (Phi) is 6.03. The lowest BCUT2D eigenvalue weighted by atomic mass is 10.2. The second-order valence-corrected chi connectivity index (χ2v) is 6.71. The average Bonchev–Trinajstić information content (AvgIpc) is 2.71. The largest absolute Gasteiger partial charge is 0.464 e. The van der Waals surface area contributed by atoms with Crippen LogP contribution in [0.3, 0.4) is 0 Å². The average molecular weight is 288 g/mol. The molecule has 0 bridgehead atoms. The molecule has 0 saturated heterocycles. The number of sulfonamides is 1. The molecule has 0 fully saturated rings. The second kappa shape index (κ2) is 7.07. The first-order valence-electron chi connectivity index (χ1n) is 6.63. The fourth-order valence-electron chi connectivity index (χ4n) is 1.91. The van der Waals surface area contributed by atoms with Gasteiger partial charge in [0, 0.05) is 19.7 Å². The van der Waals surface area contributed by atoms with Crippen molar-refractivity contribution in [3.63, 3.8) is 0 Å². The van der Waals surface area contributed by atoms with E-state index in [0.717, 1.165) is 19.3 Å². The number of rotatable bonds is 8. The first kappa shape index (κ1) is 16.2. The third kappa shape index (κ3) is 4.06. The summed E-state index contributed by atoms with van der Waals surface area (Å²) in [5, 5.41) is 2.94. The lowest BCUT2D eigenvalue weighted by Crippen LogP contribution is -2.28. The van der Waals surface area contributed by atoms with Gasteiger partial charge in [0.15, 0.2) is 0 Å². The van der Waals surface area contributed by atoms with E-state index in [1.54, 1.807) is 27.1 Å². The van der Waals surface area contributed by atoms with E-state index < -0.39 is 10.0 Å². The molecule has 0 spiro atoms. The summed E-state index contributed by atoms with van der Waals surface area (Å²) in [5.41, 5.74) is 0. The predicted molar refractivity (Wildman–Crippen MR) is 75.5 cm³/mol. The third-order valence-corrected chi connectivity index (χ3v) is 5.00. The van der Waals surface area contributed by atoms with Crippen LogP contribution in [0.15, 0.2) is 15.4 Å². The Morgan fingerprint density at radius 2 is 2.05 bits per heavy atom. The summed E-state index contributed by atoms with van der Waals surface area (Å²) in [4.78, 5) is 0.275. The van der Waals surface area contributed by atoms with Gasteiger partial charge >= 0.3 is 0 Å². The van der Waals surface area contributed by atoms with E-state index in [1.165, 1.54) is 4.31 Å². The Morgan fingerprint density at radius 1 is 1.37 bits per heavy atom. The third-order valence-electron chi connectivity index (χ3n) is 3.04. The zero-order valence-electron chi connectivity index (χ0n) is 12.2. The van der Waals surface area contributed by atoms with Crippen LogP contribution in [0.2, 0.25) is 0 Å². The van der Waals surface area contributed by atoms with Gasteiger partial charge in [0.2, 0.25) is 10.0 Å². The fraction of sp³-hybridized carbons (Fsp3) is 0.692. The van der Waals surface area contributed by atoms with E-state index in [0.29, 0.717) is 24.6 Å². The topological polar surface area (TPSA) is 62.6 Å². The van der Waals surface area contributed by atoms with E-state index in [1.807, 2.05) is 0 Å². The molecule has 0 aromatic carbocycles. The Balaban J connectivity index is 2.86. The zero-order chi connectivity index (χ0) is 14.5. The molecule has 1 N–H and O–H groups in total. The standard InChI is InChI=1S/C13H24N2O3S/c1-5-6-7-8-15(4)19(16,17)13-9-12(10-14-3)18-11(13)2/h9,14H,5-8,10H2,1-4H3. The maximum atomic E-state index is 12.4. The smallest absolute Gasteiger partial charge is 0.246 e. The molecule has 1 heterocycles. The van der Waals surface area contributed by atoms with Gasteiger partial charge < -0.3 is 9.73 Å². The number of furan rings is 1. The number of nitrogens with one attached hydrogen (secondary N) is 1. The van der Waals surface area contributed by atoms with Gasteiger partial charge in [-0.2, -0.15) is 0 Å². The zero-order valence-corrected chi connectivity index (χ0v) is 13.0. The molecule has 1 aromatic heterocycles. The van der Waals surface area contributed by atoms with Crippen LogP contribution in [0.5, 0.6) is 0 Å². The highest BCUT2D eigenvalue weighted by atomic mass is 32.2. The van der Waals surface area contributed by atoms with Crippen LogP contribution in [-0.4, -0.2) is 33.4 Å². The molecule has 19 heavy (non-hydrogen) atoms. The van der Waals surface area contributed by atoms with Crippen molar-refractivity contribution in [2.75, 3.05) is 20.6 Å². The van der Waals surface area contributed by atoms with Gasteiger partial charge in [-0.05, 0) is 20.4 Å². The molecule has 110 valence electrons. The number of unbranched alkanes of at least 4 members (excludes halogenated alkanes) is 2. The molecule has 0 saturated carbocycles. The maximum Gasteiger partial charge on any atom is 0.246 e. The summed E-state index contributed by atoms with van der Waals surface area (Å²) in [6, 6.07) is 1.61. The van der Waals surface area contributed by atoms with E-state index in [4.69, 9.17) is 4.42 Å². The summed E-state index contributed by atoms with van der Waals surface area (Å²) in [7, 11) is -0.0210.